The molecule has 24 heavy (non-hydrogen) atoms. The molecule has 0 saturated heterocycles. The van der Waals surface area contributed by atoms with Crippen LogP contribution >= 0.6 is 0 Å². The molecular weight excluding hydrogens is 324 g/mol. The predicted molar refractivity (Wildman–Crippen MR) is 91.4 cm³/mol. The van der Waals surface area contributed by atoms with Crippen LogP contribution in [0.25, 0.3) is 27.9 Å². The first-order valence-corrected chi connectivity index (χ1v) is 9.23. The van der Waals surface area contributed by atoms with Gasteiger partial charge in [-0.1, -0.05) is 18.2 Å². The number of benzene rings is 1. The number of fused-ring (bicyclic) bond motifs is 1. The number of nitrogens with zero attached hydrogens (tertiary/aromatic N) is 2. The largest absolute Gasteiger partial charge is 0.472 e. The van der Waals surface area contributed by atoms with Crippen LogP contribution in [-0.4, -0.2) is 24.3 Å². The minimum absolute atomic E-state index is 0.299. The topological polar surface area (TPSA) is 64.6 Å². The van der Waals surface area contributed by atoms with E-state index in [1.54, 1.807) is 24.7 Å². The average molecular weight is 338 g/mol. The second-order valence-corrected chi connectivity index (χ2v) is 7.58. The first kappa shape index (κ1) is 14.7. The van der Waals surface area contributed by atoms with Gasteiger partial charge < -0.3 is 4.42 Å². The van der Waals surface area contributed by atoms with Gasteiger partial charge in [0.05, 0.1) is 22.9 Å². The van der Waals surface area contributed by atoms with Gasteiger partial charge in [-0.3, -0.25) is 0 Å². The van der Waals surface area contributed by atoms with Crippen molar-refractivity contribution in [2.45, 2.75) is 4.90 Å². The summed E-state index contributed by atoms with van der Waals surface area (Å²) in [4.78, 5) is 0.299. The molecular formula is C18H14N2O3S. The summed E-state index contributed by atoms with van der Waals surface area (Å²) in [5, 5.41) is 4.64. The van der Waals surface area contributed by atoms with Gasteiger partial charge in [-0.25, -0.2) is 12.9 Å². The Hall–Kier alpha value is -2.86. The van der Waals surface area contributed by atoms with Crippen molar-refractivity contribution in [3.8, 4) is 22.4 Å². The molecule has 120 valence electrons. The summed E-state index contributed by atoms with van der Waals surface area (Å²) in [6, 6.07) is 14.6. The highest BCUT2D eigenvalue weighted by Gasteiger charge is 2.17. The molecule has 0 aliphatic heterocycles. The summed E-state index contributed by atoms with van der Waals surface area (Å²) in [5.41, 5.74) is 4.46. The Morgan fingerprint density at radius 3 is 2.46 bits per heavy atom. The van der Waals surface area contributed by atoms with E-state index < -0.39 is 9.84 Å². The van der Waals surface area contributed by atoms with E-state index in [9.17, 15) is 8.42 Å². The molecule has 0 atom stereocenters. The van der Waals surface area contributed by atoms with Crippen LogP contribution in [0.15, 0.2) is 76.6 Å². The van der Waals surface area contributed by atoms with Gasteiger partial charge in [-0.15, -0.1) is 0 Å². The maximum Gasteiger partial charge on any atom is 0.175 e. The van der Waals surface area contributed by atoms with Gasteiger partial charge in [0.15, 0.2) is 9.84 Å². The molecule has 0 bridgehead atoms. The van der Waals surface area contributed by atoms with E-state index in [0.717, 1.165) is 27.9 Å². The molecule has 6 heteroatoms. The van der Waals surface area contributed by atoms with Gasteiger partial charge in [0, 0.05) is 23.6 Å². The van der Waals surface area contributed by atoms with Gasteiger partial charge in [-0.2, -0.15) is 5.10 Å². The molecule has 3 aromatic heterocycles. The molecule has 0 saturated carbocycles. The first-order chi connectivity index (χ1) is 11.5. The highest BCUT2D eigenvalue weighted by Crippen LogP contribution is 2.35. The van der Waals surface area contributed by atoms with Crippen LogP contribution in [0, 0.1) is 0 Å². The summed E-state index contributed by atoms with van der Waals surface area (Å²) in [6.07, 6.45) is 6.34. The second-order valence-electron chi connectivity index (χ2n) is 5.56. The van der Waals surface area contributed by atoms with Crippen LogP contribution in [0.1, 0.15) is 0 Å². The zero-order chi connectivity index (χ0) is 16.7. The Morgan fingerprint density at radius 1 is 1.00 bits per heavy atom. The first-order valence-electron chi connectivity index (χ1n) is 7.34. The number of furan rings is 1. The van der Waals surface area contributed by atoms with Crippen molar-refractivity contribution in [2.75, 3.05) is 6.26 Å². The standard InChI is InChI=1S/C18H14N2O3S/c1-24(21,22)15-7-5-13(6-8-15)17-16-4-2-3-10-20(16)19-18(17)14-9-11-23-12-14/h2-12H,1H3. The fraction of sp³-hybridized carbons (Fsp3) is 0.0556. The van der Waals surface area contributed by atoms with Gasteiger partial charge in [0.2, 0.25) is 0 Å². The van der Waals surface area contributed by atoms with Crippen molar-refractivity contribution in [1.82, 2.24) is 9.61 Å². The van der Waals surface area contributed by atoms with Crippen LogP contribution in [0.2, 0.25) is 0 Å². The fourth-order valence-electron chi connectivity index (χ4n) is 2.75. The normalized spacial score (nSPS) is 11.9. The van der Waals surface area contributed by atoms with E-state index in [2.05, 4.69) is 5.10 Å². The lowest BCUT2D eigenvalue weighted by atomic mass is 10.0. The van der Waals surface area contributed by atoms with Gasteiger partial charge in [-0.05, 0) is 35.9 Å². The van der Waals surface area contributed by atoms with Gasteiger partial charge >= 0.3 is 0 Å². The molecule has 0 radical (unpaired) electrons. The lowest BCUT2D eigenvalue weighted by Crippen LogP contribution is -1.96. The van der Waals surface area contributed by atoms with Crippen LogP contribution in [0.3, 0.4) is 0 Å². The Balaban J connectivity index is 1.97. The molecule has 0 aliphatic rings. The molecule has 0 aliphatic carbocycles. The zero-order valence-corrected chi connectivity index (χ0v) is 13.7. The monoisotopic (exact) mass is 338 g/mol. The minimum Gasteiger partial charge on any atom is -0.472 e. The molecule has 3 heterocycles. The highest BCUT2D eigenvalue weighted by molar-refractivity contribution is 7.90. The van der Waals surface area contributed by atoms with Gasteiger partial charge in [0.25, 0.3) is 0 Å². The van der Waals surface area contributed by atoms with Gasteiger partial charge in [0.1, 0.15) is 5.69 Å². The predicted octanol–water partition coefficient (Wildman–Crippen LogP) is 3.66. The zero-order valence-electron chi connectivity index (χ0n) is 12.9. The van der Waals surface area contributed by atoms with E-state index >= 15 is 0 Å². The molecule has 0 fully saturated rings. The maximum atomic E-state index is 11.7. The lowest BCUT2D eigenvalue weighted by molar-refractivity contribution is 0.568. The fourth-order valence-corrected chi connectivity index (χ4v) is 3.38. The van der Waals surface area contributed by atoms with E-state index in [0.29, 0.717) is 4.90 Å². The summed E-state index contributed by atoms with van der Waals surface area (Å²) in [6.45, 7) is 0. The minimum atomic E-state index is -3.22. The number of sulfone groups is 1. The third kappa shape index (κ3) is 2.41. The quantitative estimate of drug-likeness (QED) is 0.572. The lowest BCUT2D eigenvalue weighted by Gasteiger charge is -2.04. The number of hydrogen-bond donors (Lipinski definition) is 0. The summed E-state index contributed by atoms with van der Waals surface area (Å²) >= 11 is 0. The third-order valence-corrected chi connectivity index (χ3v) is 5.03. The summed E-state index contributed by atoms with van der Waals surface area (Å²) in [7, 11) is -3.22. The van der Waals surface area contributed by atoms with Crippen molar-refractivity contribution in [2.24, 2.45) is 0 Å². The second kappa shape index (κ2) is 5.35. The molecule has 0 N–H and O–H groups in total. The van der Waals surface area contributed by atoms with Crippen LogP contribution in [0.5, 0.6) is 0 Å². The van der Waals surface area contributed by atoms with Crippen LogP contribution in [-0.2, 0) is 9.84 Å². The molecule has 5 nitrogen and oxygen atoms in total. The number of pyridine rings is 1. The van der Waals surface area contributed by atoms with Crippen molar-refractivity contribution in [3.05, 3.63) is 67.3 Å². The molecule has 1 aromatic carbocycles. The Kier molecular flexibility index (Phi) is 3.28. The van der Waals surface area contributed by atoms with E-state index in [4.69, 9.17) is 4.42 Å². The molecule has 0 amide bonds. The smallest absolute Gasteiger partial charge is 0.175 e. The van der Waals surface area contributed by atoms with Crippen molar-refractivity contribution in [3.63, 3.8) is 0 Å². The van der Waals surface area contributed by atoms with E-state index in [-0.39, 0.29) is 0 Å². The van der Waals surface area contributed by atoms with Crippen molar-refractivity contribution < 1.29 is 12.8 Å². The number of hydrogen-bond acceptors (Lipinski definition) is 4. The average Bonchev–Trinajstić information content (AvgIpc) is 3.21. The SMILES string of the molecule is CS(=O)(=O)c1ccc(-c2c(-c3ccoc3)nn3ccccc23)cc1. The van der Waals surface area contributed by atoms with Crippen LogP contribution in [0.4, 0.5) is 0 Å². The van der Waals surface area contributed by atoms with E-state index in [1.807, 2.05) is 47.1 Å². The molecule has 0 unspecified atom stereocenters. The van der Waals surface area contributed by atoms with Crippen molar-refractivity contribution >= 4 is 15.4 Å². The number of rotatable bonds is 3. The third-order valence-electron chi connectivity index (χ3n) is 3.91. The molecule has 4 aromatic rings. The highest BCUT2D eigenvalue weighted by atomic mass is 32.2. The maximum absolute atomic E-state index is 11.7. The Morgan fingerprint density at radius 2 is 1.79 bits per heavy atom. The summed E-state index contributed by atoms with van der Waals surface area (Å²) in [5.74, 6) is 0. The Bertz CT molecular complexity index is 1110. The molecule has 0 spiro atoms. The number of aromatic nitrogens is 2. The van der Waals surface area contributed by atoms with Crippen LogP contribution < -0.4 is 0 Å². The van der Waals surface area contributed by atoms with E-state index in [1.165, 1.54) is 6.26 Å². The Labute approximate surface area is 139 Å². The molecule has 4 rings (SSSR count). The summed E-state index contributed by atoms with van der Waals surface area (Å²) < 4.78 is 30.3. The van der Waals surface area contributed by atoms with Crippen molar-refractivity contribution in [1.29, 1.82) is 0 Å².